The van der Waals surface area contributed by atoms with Gasteiger partial charge in [0.2, 0.25) is 5.88 Å². The number of nitrogens with zero attached hydrogens (tertiary/aromatic N) is 6. The number of likely N-dealkylation sites (tertiary alicyclic amines) is 1. The van der Waals surface area contributed by atoms with Crippen molar-refractivity contribution in [2.24, 2.45) is 7.05 Å². The lowest BCUT2D eigenvalue weighted by molar-refractivity contribution is 0.193. The molecule has 2 unspecified atom stereocenters. The average Bonchev–Trinajstić information content (AvgIpc) is 3.83. The zero-order chi connectivity index (χ0) is 36.3. The summed E-state index contributed by atoms with van der Waals surface area (Å²) in [6.07, 6.45) is 4.34. The maximum atomic E-state index is 13.1. The number of rotatable bonds is 8. The molecule has 2 saturated heterocycles. The lowest BCUT2D eigenvalue weighted by Gasteiger charge is -2.28. The number of benzene rings is 2. The standard InChI is InChI=1S/C39H41ClN8O4/c1-22-17-25-19-41-46(3)37(50)33(25)35(42-22)43-29-10-6-7-26(23(29)2)27-8-5-9-28(34(27)40)30-18-24-11-12-31(32(24)36(44-30)52-4)47-14-13-39(20-47)21-48(15-16-49)38(51)45-39/h5-10,17-19,31,49H,11-16,20-21H2,1-4H3,(H,42,43)(H,45,51). The largest absolute Gasteiger partial charge is 0.481 e. The minimum Gasteiger partial charge on any atom is -0.481 e. The number of urea groups is 1. The highest BCUT2D eigenvalue weighted by Crippen LogP contribution is 2.46. The fourth-order valence-electron chi connectivity index (χ4n) is 8.33. The Bertz CT molecular complexity index is 2310. The van der Waals surface area contributed by atoms with Gasteiger partial charge in [-0.1, -0.05) is 41.9 Å². The van der Waals surface area contributed by atoms with Crippen molar-refractivity contribution in [2.45, 2.75) is 44.7 Å². The van der Waals surface area contributed by atoms with Crippen molar-refractivity contribution in [2.75, 3.05) is 45.2 Å². The van der Waals surface area contributed by atoms with Crippen molar-refractivity contribution < 1.29 is 14.6 Å². The second kappa shape index (κ2) is 13.2. The summed E-state index contributed by atoms with van der Waals surface area (Å²) in [5.41, 5.74) is 7.64. The third-order valence-electron chi connectivity index (χ3n) is 10.9. The Morgan fingerprint density at radius 1 is 1.08 bits per heavy atom. The predicted octanol–water partition coefficient (Wildman–Crippen LogP) is 5.53. The van der Waals surface area contributed by atoms with Crippen LogP contribution in [0, 0.1) is 13.8 Å². The van der Waals surface area contributed by atoms with E-state index in [2.05, 4.69) is 26.7 Å². The summed E-state index contributed by atoms with van der Waals surface area (Å²) in [6.45, 7) is 6.41. The molecule has 2 amide bonds. The molecule has 0 saturated carbocycles. The number of pyridine rings is 2. The van der Waals surface area contributed by atoms with Crippen molar-refractivity contribution in [1.82, 2.24) is 34.9 Å². The molecule has 0 bridgehead atoms. The SMILES string of the molecule is COc1nc(-c2cccc(-c3cccc(Nc4nc(C)cc5cnn(C)c(=O)c45)c3C)c2Cl)cc2c1C(N1CCC3(CN(CCO)C(=O)N3)C1)CC2. The molecule has 3 N–H and O–H groups in total. The minimum absolute atomic E-state index is 0.0462. The first kappa shape index (κ1) is 34.1. The normalized spacial score (nSPS) is 19.8. The fraction of sp³-hybridized carbons (Fsp3) is 0.359. The number of carbonyl (C=O) groups excluding carboxylic acids is 1. The Kier molecular flexibility index (Phi) is 8.63. The Morgan fingerprint density at radius 2 is 1.87 bits per heavy atom. The van der Waals surface area contributed by atoms with Crippen LogP contribution in [0.25, 0.3) is 33.2 Å². The zero-order valence-corrected chi connectivity index (χ0v) is 30.4. The number of carbonyl (C=O) groups is 1. The van der Waals surface area contributed by atoms with Crippen LogP contribution >= 0.6 is 11.6 Å². The van der Waals surface area contributed by atoms with E-state index < -0.39 is 0 Å². The van der Waals surface area contributed by atoms with E-state index in [-0.39, 0.29) is 29.8 Å². The van der Waals surface area contributed by atoms with Crippen LogP contribution < -0.4 is 20.9 Å². The first-order chi connectivity index (χ1) is 25.1. The maximum Gasteiger partial charge on any atom is 0.318 e. The third-order valence-corrected chi connectivity index (χ3v) is 11.3. The summed E-state index contributed by atoms with van der Waals surface area (Å²) in [7, 11) is 3.29. The van der Waals surface area contributed by atoms with Gasteiger partial charge < -0.3 is 25.4 Å². The molecule has 2 atom stereocenters. The number of fused-ring (bicyclic) bond motifs is 2. The van der Waals surface area contributed by atoms with Crippen LogP contribution in [0.3, 0.4) is 0 Å². The number of aromatic nitrogens is 4. The van der Waals surface area contributed by atoms with Gasteiger partial charge in [-0.3, -0.25) is 9.69 Å². The van der Waals surface area contributed by atoms with Gasteiger partial charge in [-0.05, 0) is 68.0 Å². The molecule has 3 aromatic heterocycles. The van der Waals surface area contributed by atoms with Crippen molar-refractivity contribution >= 4 is 39.9 Å². The summed E-state index contributed by atoms with van der Waals surface area (Å²) < 4.78 is 7.28. The Morgan fingerprint density at radius 3 is 2.67 bits per heavy atom. The number of β-amino-alcohol motifs (C(OH)–C–C–N with tert-alkyl or cyclic N) is 1. The number of halogens is 1. The van der Waals surface area contributed by atoms with Crippen LogP contribution in [-0.2, 0) is 13.5 Å². The molecule has 5 heterocycles. The first-order valence-electron chi connectivity index (χ1n) is 17.6. The number of methoxy groups -OCH3 is 1. The molecular formula is C39H41ClN8O4. The lowest BCUT2D eigenvalue weighted by atomic mass is 9.96. The van der Waals surface area contributed by atoms with Crippen LogP contribution in [0.1, 0.15) is 41.3 Å². The number of aryl methyl sites for hydroxylation is 3. The van der Waals surface area contributed by atoms with E-state index in [1.165, 1.54) is 10.2 Å². The molecule has 268 valence electrons. The number of aliphatic hydroxyl groups is 1. The van der Waals surface area contributed by atoms with Crippen molar-refractivity contribution in [3.05, 3.63) is 92.5 Å². The van der Waals surface area contributed by atoms with Gasteiger partial charge in [0.05, 0.1) is 41.6 Å². The minimum atomic E-state index is -0.312. The highest BCUT2D eigenvalue weighted by atomic mass is 35.5. The maximum absolute atomic E-state index is 13.1. The van der Waals surface area contributed by atoms with Gasteiger partial charge in [-0.2, -0.15) is 5.10 Å². The zero-order valence-electron chi connectivity index (χ0n) is 29.7. The molecule has 52 heavy (non-hydrogen) atoms. The molecule has 13 heteroatoms. The predicted molar refractivity (Wildman–Crippen MR) is 201 cm³/mol. The number of nitrogens with one attached hydrogen (secondary N) is 2. The highest BCUT2D eigenvalue weighted by molar-refractivity contribution is 6.36. The van der Waals surface area contributed by atoms with Crippen LogP contribution in [0.2, 0.25) is 5.02 Å². The number of hydrogen-bond donors (Lipinski definition) is 3. The topological polar surface area (TPSA) is 138 Å². The Labute approximate surface area is 306 Å². The molecule has 1 aliphatic carbocycles. The van der Waals surface area contributed by atoms with Crippen LogP contribution in [-0.4, -0.2) is 86.1 Å². The third kappa shape index (κ3) is 5.75. The van der Waals surface area contributed by atoms with E-state index in [4.69, 9.17) is 26.3 Å². The molecule has 3 aliphatic rings. The van der Waals surface area contributed by atoms with E-state index >= 15 is 0 Å². The van der Waals surface area contributed by atoms with Crippen LogP contribution in [0.15, 0.2) is 59.5 Å². The van der Waals surface area contributed by atoms with Gasteiger partial charge in [-0.15, -0.1) is 0 Å². The monoisotopic (exact) mass is 720 g/mol. The fourth-order valence-corrected chi connectivity index (χ4v) is 8.66. The number of ether oxygens (including phenoxy) is 1. The molecule has 2 aromatic carbocycles. The van der Waals surface area contributed by atoms with Gasteiger partial charge in [-0.25, -0.2) is 19.4 Å². The molecule has 12 nitrogen and oxygen atoms in total. The van der Waals surface area contributed by atoms with Crippen LogP contribution in [0.5, 0.6) is 5.88 Å². The summed E-state index contributed by atoms with van der Waals surface area (Å²) in [4.78, 5) is 39.6. The number of hydrogen-bond acceptors (Lipinski definition) is 9. The van der Waals surface area contributed by atoms with Crippen molar-refractivity contribution in [1.29, 1.82) is 0 Å². The summed E-state index contributed by atoms with van der Waals surface area (Å²) >= 11 is 7.27. The van der Waals surface area contributed by atoms with Gasteiger partial charge in [0.25, 0.3) is 5.56 Å². The summed E-state index contributed by atoms with van der Waals surface area (Å²) in [6, 6.07) is 16.0. The Balaban J connectivity index is 1.10. The first-order valence-corrected chi connectivity index (χ1v) is 18.0. The molecule has 2 fully saturated rings. The van der Waals surface area contributed by atoms with Gasteiger partial charge in [0.1, 0.15) is 5.82 Å². The quantitative estimate of drug-likeness (QED) is 0.189. The highest BCUT2D eigenvalue weighted by Gasteiger charge is 2.49. The van der Waals surface area contributed by atoms with Gasteiger partial charge >= 0.3 is 6.03 Å². The van der Waals surface area contributed by atoms with Crippen LogP contribution in [0.4, 0.5) is 16.3 Å². The van der Waals surface area contributed by atoms with Crippen molar-refractivity contribution in [3.63, 3.8) is 0 Å². The number of aliphatic hydroxyl groups excluding tert-OH is 1. The average molecular weight is 721 g/mol. The number of anilines is 2. The molecular weight excluding hydrogens is 680 g/mol. The molecule has 1 spiro atoms. The molecule has 8 rings (SSSR count). The molecule has 5 aromatic rings. The molecule has 2 aliphatic heterocycles. The van der Waals surface area contributed by atoms with E-state index in [1.54, 1.807) is 25.3 Å². The Hall–Kier alpha value is -5.04. The molecule has 0 radical (unpaired) electrons. The smallest absolute Gasteiger partial charge is 0.318 e. The second-order valence-corrected chi connectivity index (χ2v) is 14.5. The second-order valence-electron chi connectivity index (χ2n) is 14.1. The van der Waals surface area contributed by atoms with Crippen molar-refractivity contribution in [3.8, 4) is 28.3 Å². The van der Waals surface area contributed by atoms with E-state index in [0.717, 1.165) is 82.6 Å². The van der Waals surface area contributed by atoms with E-state index in [1.807, 2.05) is 56.3 Å². The number of amides is 2. The lowest BCUT2D eigenvalue weighted by Crippen LogP contribution is -2.46. The summed E-state index contributed by atoms with van der Waals surface area (Å²) in [5, 5.41) is 22.0. The van der Waals surface area contributed by atoms with Gasteiger partial charge in [0, 0.05) is 72.7 Å². The van der Waals surface area contributed by atoms with Gasteiger partial charge in [0.15, 0.2) is 0 Å². The summed E-state index contributed by atoms with van der Waals surface area (Å²) in [5.74, 6) is 1.07. The van der Waals surface area contributed by atoms with E-state index in [0.29, 0.717) is 35.2 Å². The van der Waals surface area contributed by atoms with E-state index in [9.17, 15) is 14.7 Å².